The largest absolute Gasteiger partial charge is 0.480 e. The van der Waals surface area contributed by atoms with Gasteiger partial charge in [0.2, 0.25) is 0 Å². The van der Waals surface area contributed by atoms with Gasteiger partial charge >= 0.3 is 12.0 Å². The van der Waals surface area contributed by atoms with Crippen molar-refractivity contribution < 1.29 is 14.7 Å². The Labute approximate surface area is 55.4 Å². The smallest absolute Gasteiger partial charge is 0.338 e. The molecule has 0 bridgehead atoms. The minimum absolute atomic E-state index is 0.540. The van der Waals surface area contributed by atoms with Gasteiger partial charge in [-0.05, 0) is 0 Å². The monoisotopic (exact) mass is 147 g/mol. The first kappa shape index (κ1) is 8.34. The number of aliphatic carboxylic acids is 1. The van der Waals surface area contributed by atoms with E-state index in [2.05, 4.69) is 0 Å². The minimum atomic E-state index is -1.19. The fourth-order valence-electron chi connectivity index (χ4n) is 0.237. The molecule has 0 aromatic carbocycles. The molecule has 0 atom stereocenters. The summed E-state index contributed by atoms with van der Waals surface area (Å²) in [6.07, 6.45) is 0. The molecule has 0 aliphatic heterocycles. The molecule has 56 valence electrons. The molecular weight excluding hydrogens is 142 g/mol. The van der Waals surface area contributed by atoms with Gasteiger partial charge < -0.3 is 10.4 Å². The van der Waals surface area contributed by atoms with Gasteiger partial charge in [0.05, 0.1) is 5.29 Å². The van der Waals surface area contributed by atoms with E-state index in [1.807, 2.05) is 10.6 Å². The Bertz CT molecular complexity index is 156. The quantitative estimate of drug-likeness (QED) is 0.353. The van der Waals surface area contributed by atoms with E-state index in [-0.39, 0.29) is 0 Å². The Kier molecular flexibility index (Phi) is 3.54. The average Bonchev–Trinajstić information content (AvgIpc) is 1.85. The van der Waals surface area contributed by atoms with Gasteiger partial charge in [0.15, 0.2) is 0 Å². The van der Waals surface area contributed by atoms with Crippen molar-refractivity contribution in [3.8, 4) is 0 Å². The van der Waals surface area contributed by atoms with Crippen molar-refractivity contribution in [3.63, 3.8) is 0 Å². The van der Waals surface area contributed by atoms with Crippen LogP contribution in [0.25, 0.3) is 0 Å². The molecule has 0 spiro atoms. The molecule has 0 aliphatic carbocycles. The number of hydrogen-bond donors (Lipinski definition) is 3. The van der Waals surface area contributed by atoms with Crippen molar-refractivity contribution in [2.75, 3.05) is 6.54 Å². The number of rotatable bonds is 3. The Balaban J connectivity index is 3.39. The molecule has 0 unspecified atom stereocenters. The highest BCUT2D eigenvalue weighted by atomic mass is 16.4. The van der Waals surface area contributed by atoms with E-state index >= 15 is 0 Å². The second kappa shape index (κ2) is 4.24. The first-order valence-electron chi connectivity index (χ1n) is 2.25. The number of carboxylic acid groups (broad SMARTS) is 1. The molecule has 0 saturated carbocycles. The number of carboxylic acids is 1. The van der Waals surface area contributed by atoms with Gasteiger partial charge in [-0.25, -0.2) is 4.79 Å². The van der Waals surface area contributed by atoms with Crippen molar-refractivity contribution in [1.82, 2.24) is 10.7 Å². The summed E-state index contributed by atoms with van der Waals surface area (Å²) in [6.45, 7) is -0.540. The second-order valence-corrected chi connectivity index (χ2v) is 1.28. The van der Waals surface area contributed by atoms with Crippen LogP contribution in [0, 0.1) is 4.91 Å². The summed E-state index contributed by atoms with van der Waals surface area (Å²) in [5.74, 6) is -1.19. The molecule has 0 fully saturated rings. The summed E-state index contributed by atoms with van der Waals surface area (Å²) < 4.78 is 0. The number of nitrogens with one attached hydrogen (secondary N) is 2. The standard InChI is InChI=1S/C3H5N3O4/c7-2(8)1-4-3(9)5-6-10/h1H2,(H,7,8)(H2,4,5,9,10). The van der Waals surface area contributed by atoms with Crippen LogP contribution >= 0.6 is 0 Å². The van der Waals surface area contributed by atoms with Gasteiger partial charge in [0, 0.05) is 0 Å². The normalized spacial score (nSPS) is 8.00. The molecule has 7 nitrogen and oxygen atoms in total. The highest BCUT2D eigenvalue weighted by molar-refractivity contribution is 5.79. The molecule has 0 heterocycles. The van der Waals surface area contributed by atoms with Crippen molar-refractivity contribution in [3.05, 3.63) is 4.91 Å². The molecule has 0 aliphatic rings. The maximum atomic E-state index is 10.2. The Morgan fingerprint density at radius 3 is 2.50 bits per heavy atom. The maximum absolute atomic E-state index is 10.2. The van der Waals surface area contributed by atoms with E-state index < -0.39 is 18.5 Å². The van der Waals surface area contributed by atoms with Crippen LogP contribution in [0.4, 0.5) is 4.79 Å². The topological polar surface area (TPSA) is 108 Å². The third-order valence-electron chi connectivity index (χ3n) is 0.547. The number of nitrogens with zero attached hydrogens (tertiary/aromatic N) is 1. The van der Waals surface area contributed by atoms with Gasteiger partial charge in [-0.2, -0.15) is 5.43 Å². The van der Waals surface area contributed by atoms with E-state index in [1.54, 1.807) is 0 Å². The van der Waals surface area contributed by atoms with Gasteiger partial charge in [0.1, 0.15) is 6.54 Å². The summed E-state index contributed by atoms with van der Waals surface area (Å²) in [5, 5.41) is 11.8. The Morgan fingerprint density at radius 1 is 1.50 bits per heavy atom. The lowest BCUT2D eigenvalue weighted by Crippen LogP contribution is -2.35. The third-order valence-corrected chi connectivity index (χ3v) is 0.547. The van der Waals surface area contributed by atoms with Gasteiger partial charge in [-0.15, -0.1) is 4.91 Å². The fourth-order valence-corrected chi connectivity index (χ4v) is 0.237. The van der Waals surface area contributed by atoms with Crippen LogP contribution in [0.1, 0.15) is 0 Å². The lowest BCUT2D eigenvalue weighted by atomic mass is 10.7. The predicted octanol–water partition coefficient (Wildman–Crippen LogP) is -0.948. The van der Waals surface area contributed by atoms with E-state index in [0.717, 1.165) is 0 Å². The van der Waals surface area contributed by atoms with E-state index in [9.17, 15) is 14.5 Å². The molecule has 10 heavy (non-hydrogen) atoms. The number of hydrogen-bond acceptors (Lipinski definition) is 4. The lowest BCUT2D eigenvalue weighted by molar-refractivity contribution is -0.135. The van der Waals surface area contributed by atoms with Gasteiger partial charge in [-0.3, -0.25) is 4.79 Å². The van der Waals surface area contributed by atoms with Crippen molar-refractivity contribution in [2.45, 2.75) is 0 Å². The van der Waals surface area contributed by atoms with Crippen LogP contribution in [0.5, 0.6) is 0 Å². The summed E-state index contributed by atoms with van der Waals surface area (Å²) in [4.78, 5) is 29.2. The van der Waals surface area contributed by atoms with Crippen LogP contribution in [0.2, 0.25) is 0 Å². The summed E-state index contributed by atoms with van der Waals surface area (Å²) >= 11 is 0. The van der Waals surface area contributed by atoms with Crippen LogP contribution in [0.15, 0.2) is 5.29 Å². The first-order valence-corrected chi connectivity index (χ1v) is 2.25. The Morgan fingerprint density at radius 2 is 2.10 bits per heavy atom. The SMILES string of the molecule is O=NNC(=O)NCC(=O)O. The molecule has 0 aromatic heterocycles. The molecule has 0 saturated heterocycles. The van der Waals surface area contributed by atoms with Crippen molar-refractivity contribution >= 4 is 12.0 Å². The van der Waals surface area contributed by atoms with Crippen molar-refractivity contribution in [1.29, 1.82) is 0 Å². The number of amides is 2. The zero-order valence-corrected chi connectivity index (χ0v) is 4.83. The van der Waals surface area contributed by atoms with Gasteiger partial charge in [-0.1, -0.05) is 0 Å². The predicted molar refractivity (Wildman–Crippen MR) is 30.0 cm³/mol. The first-order chi connectivity index (χ1) is 4.66. The molecule has 0 radical (unpaired) electrons. The minimum Gasteiger partial charge on any atom is -0.480 e. The molecule has 0 aromatic rings. The molecular formula is C3H5N3O4. The third kappa shape index (κ3) is 4.50. The number of nitroso groups, excluding NO2 is 1. The summed E-state index contributed by atoms with van der Waals surface area (Å²) in [7, 11) is 0. The fraction of sp³-hybridized carbons (Fsp3) is 0.333. The Hall–Kier alpha value is -1.66. The maximum Gasteiger partial charge on any atom is 0.338 e. The van der Waals surface area contributed by atoms with Crippen LogP contribution in [-0.2, 0) is 4.79 Å². The highest BCUT2D eigenvalue weighted by Crippen LogP contribution is 1.64. The number of carbonyl (C=O) groups excluding carboxylic acids is 1. The number of carbonyl (C=O) groups is 2. The molecule has 3 N–H and O–H groups in total. The van der Waals surface area contributed by atoms with Crippen LogP contribution in [0.3, 0.4) is 0 Å². The summed E-state index contributed by atoms with van der Waals surface area (Å²) in [6, 6.07) is -0.933. The molecule has 7 heteroatoms. The van der Waals surface area contributed by atoms with Gasteiger partial charge in [0.25, 0.3) is 0 Å². The van der Waals surface area contributed by atoms with Crippen LogP contribution in [-0.4, -0.2) is 23.7 Å². The zero-order valence-electron chi connectivity index (χ0n) is 4.83. The zero-order chi connectivity index (χ0) is 7.98. The lowest BCUT2D eigenvalue weighted by Gasteiger charge is -1.95. The highest BCUT2D eigenvalue weighted by Gasteiger charge is 2.00. The molecule has 2 amide bonds. The second-order valence-electron chi connectivity index (χ2n) is 1.28. The van der Waals surface area contributed by atoms with E-state index in [1.165, 1.54) is 5.43 Å². The van der Waals surface area contributed by atoms with Crippen LogP contribution < -0.4 is 10.7 Å². The average molecular weight is 147 g/mol. The van der Waals surface area contributed by atoms with Crippen molar-refractivity contribution in [2.24, 2.45) is 5.29 Å². The summed E-state index contributed by atoms with van der Waals surface area (Å²) in [5.41, 5.74) is 1.46. The van der Waals surface area contributed by atoms with E-state index in [0.29, 0.717) is 0 Å². The number of urea groups is 1. The molecule has 0 rings (SSSR count). The van der Waals surface area contributed by atoms with E-state index in [4.69, 9.17) is 5.11 Å².